The molecule has 1 fully saturated rings. The van der Waals surface area contributed by atoms with Crippen LogP contribution < -0.4 is 14.8 Å². The summed E-state index contributed by atoms with van der Waals surface area (Å²) in [6, 6.07) is 6.18. The summed E-state index contributed by atoms with van der Waals surface area (Å²) in [4.78, 5) is 0. The Morgan fingerprint density at radius 3 is 2.72 bits per heavy atom. The van der Waals surface area contributed by atoms with Crippen LogP contribution in [0.15, 0.2) is 18.2 Å². The monoisotopic (exact) mass is 247 g/mol. The third-order valence-corrected chi connectivity index (χ3v) is 4.36. The fraction of sp³-hybridized carbons (Fsp3) is 0.600. The van der Waals surface area contributed by atoms with E-state index >= 15 is 0 Å². The van der Waals surface area contributed by atoms with Crippen LogP contribution in [0.3, 0.4) is 0 Å². The summed E-state index contributed by atoms with van der Waals surface area (Å²) in [5, 5.41) is 3.58. The van der Waals surface area contributed by atoms with Gasteiger partial charge in [-0.15, -0.1) is 0 Å². The zero-order valence-corrected chi connectivity index (χ0v) is 11.2. The number of fused-ring (bicyclic) bond motifs is 1. The van der Waals surface area contributed by atoms with E-state index in [1.165, 1.54) is 18.4 Å². The van der Waals surface area contributed by atoms with Crippen molar-refractivity contribution >= 4 is 0 Å². The normalized spacial score (nSPS) is 19.3. The van der Waals surface area contributed by atoms with Gasteiger partial charge in [-0.2, -0.15) is 0 Å². The third-order valence-electron chi connectivity index (χ3n) is 4.36. The lowest BCUT2D eigenvalue weighted by atomic mass is 9.92. The van der Waals surface area contributed by atoms with Gasteiger partial charge < -0.3 is 14.8 Å². The molecule has 0 atom stereocenters. The lowest BCUT2D eigenvalue weighted by Gasteiger charge is -2.20. The molecule has 18 heavy (non-hydrogen) atoms. The minimum absolute atomic E-state index is 0.350. The molecule has 3 rings (SSSR count). The Bertz CT molecular complexity index is 438. The largest absolute Gasteiger partial charge is 0.454 e. The molecule has 3 nitrogen and oxygen atoms in total. The molecule has 1 heterocycles. The van der Waals surface area contributed by atoms with Crippen molar-refractivity contribution in [3.63, 3.8) is 0 Å². The average Bonchev–Trinajstić information content (AvgIpc) is 3.00. The quantitative estimate of drug-likeness (QED) is 0.867. The molecule has 1 aliphatic carbocycles. The maximum atomic E-state index is 5.39. The van der Waals surface area contributed by atoms with Gasteiger partial charge in [0.05, 0.1) is 0 Å². The van der Waals surface area contributed by atoms with Crippen LogP contribution in [0, 0.1) is 11.3 Å². The molecule has 3 heteroatoms. The maximum absolute atomic E-state index is 5.39. The Kier molecular flexibility index (Phi) is 2.94. The van der Waals surface area contributed by atoms with Crippen LogP contribution in [0.5, 0.6) is 11.5 Å². The van der Waals surface area contributed by atoms with E-state index in [2.05, 4.69) is 31.3 Å². The van der Waals surface area contributed by atoms with Gasteiger partial charge in [0.15, 0.2) is 11.5 Å². The first-order valence-corrected chi connectivity index (χ1v) is 6.79. The Balaban J connectivity index is 1.54. The lowest BCUT2D eigenvalue weighted by molar-refractivity contribution is 0.174. The van der Waals surface area contributed by atoms with Crippen LogP contribution in [0.1, 0.15) is 32.3 Å². The molecule has 1 N–H and O–H groups in total. The molecule has 2 aliphatic rings. The van der Waals surface area contributed by atoms with E-state index in [9.17, 15) is 0 Å². The molecule has 0 amide bonds. The number of hydrogen-bond acceptors (Lipinski definition) is 3. The second kappa shape index (κ2) is 4.47. The highest BCUT2D eigenvalue weighted by Gasteiger charge is 2.44. The standard InChI is InChI=1S/C15H21NO2/c1-11(2)15(5-6-15)9-16-8-12-3-4-13-14(7-12)18-10-17-13/h3-4,7,11,16H,5-6,8-10H2,1-2H3. The molecule has 0 radical (unpaired) electrons. The van der Waals surface area contributed by atoms with E-state index in [0.29, 0.717) is 12.2 Å². The second-order valence-electron chi connectivity index (χ2n) is 5.81. The van der Waals surface area contributed by atoms with E-state index < -0.39 is 0 Å². The highest BCUT2D eigenvalue weighted by molar-refractivity contribution is 5.44. The maximum Gasteiger partial charge on any atom is 0.231 e. The summed E-state index contributed by atoms with van der Waals surface area (Å²) < 4.78 is 10.7. The molecule has 0 aromatic heterocycles. The molecule has 0 spiro atoms. The highest BCUT2D eigenvalue weighted by atomic mass is 16.7. The summed E-state index contributed by atoms with van der Waals surface area (Å²) in [6.07, 6.45) is 2.75. The molecule has 0 unspecified atom stereocenters. The summed E-state index contributed by atoms with van der Waals surface area (Å²) in [6.45, 7) is 7.04. The summed E-state index contributed by atoms with van der Waals surface area (Å²) in [5.74, 6) is 2.51. The molecule has 1 aromatic carbocycles. The number of benzene rings is 1. The van der Waals surface area contributed by atoms with Crippen LogP contribution in [0.2, 0.25) is 0 Å². The molecular formula is C15H21NO2. The van der Waals surface area contributed by atoms with E-state index in [-0.39, 0.29) is 0 Å². The predicted molar refractivity (Wildman–Crippen MR) is 70.8 cm³/mol. The first kappa shape index (κ1) is 11.8. The van der Waals surface area contributed by atoms with Gasteiger partial charge in [0.2, 0.25) is 6.79 Å². The topological polar surface area (TPSA) is 30.5 Å². The Morgan fingerprint density at radius 2 is 2.00 bits per heavy atom. The van der Waals surface area contributed by atoms with Crippen LogP contribution in [-0.2, 0) is 6.54 Å². The molecule has 0 saturated heterocycles. The van der Waals surface area contributed by atoms with Crippen LogP contribution >= 0.6 is 0 Å². The minimum Gasteiger partial charge on any atom is -0.454 e. The van der Waals surface area contributed by atoms with Gasteiger partial charge in [0, 0.05) is 13.1 Å². The number of hydrogen-bond donors (Lipinski definition) is 1. The van der Waals surface area contributed by atoms with Gasteiger partial charge in [-0.3, -0.25) is 0 Å². The van der Waals surface area contributed by atoms with Crippen molar-refractivity contribution in [2.75, 3.05) is 13.3 Å². The third kappa shape index (κ3) is 2.19. The number of ether oxygens (including phenoxy) is 2. The van der Waals surface area contributed by atoms with Gasteiger partial charge >= 0.3 is 0 Å². The van der Waals surface area contributed by atoms with Crippen molar-refractivity contribution in [3.05, 3.63) is 23.8 Å². The molecule has 1 aliphatic heterocycles. The Hall–Kier alpha value is -1.22. The summed E-state index contributed by atoms with van der Waals surface area (Å²) in [7, 11) is 0. The Morgan fingerprint density at radius 1 is 1.22 bits per heavy atom. The van der Waals surface area contributed by atoms with Crippen molar-refractivity contribution in [1.29, 1.82) is 0 Å². The fourth-order valence-corrected chi connectivity index (χ4v) is 2.63. The highest BCUT2D eigenvalue weighted by Crippen LogP contribution is 2.51. The van der Waals surface area contributed by atoms with Gasteiger partial charge in [-0.25, -0.2) is 0 Å². The zero-order chi connectivity index (χ0) is 12.6. The van der Waals surface area contributed by atoms with Gasteiger partial charge in [0.25, 0.3) is 0 Å². The van der Waals surface area contributed by atoms with E-state index in [1.807, 2.05) is 6.07 Å². The van der Waals surface area contributed by atoms with Crippen molar-refractivity contribution in [2.45, 2.75) is 33.2 Å². The van der Waals surface area contributed by atoms with Crippen LogP contribution in [0.25, 0.3) is 0 Å². The molecule has 0 bridgehead atoms. The Labute approximate surface area is 108 Å². The van der Waals surface area contributed by atoms with Crippen molar-refractivity contribution in [1.82, 2.24) is 5.32 Å². The first-order valence-electron chi connectivity index (χ1n) is 6.79. The van der Waals surface area contributed by atoms with Gasteiger partial charge in [0.1, 0.15) is 0 Å². The SMILES string of the molecule is CC(C)C1(CNCc2ccc3c(c2)OCO3)CC1. The fourth-order valence-electron chi connectivity index (χ4n) is 2.63. The smallest absolute Gasteiger partial charge is 0.231 e. The minimum atomic E-state index is 0.350. The zero-order valence-electron chi connectivity index (χ0n) is 11.2. The van der Waals surface area contributed by atoms with Crippen molar-refractivity contribution in [3.8, 4) is 11.5 Å². The number of rotatable bonds is 5. The van der Waals surface area contributed by atoms with E-state index in [4.69, 9.17) is 9.47 Å². The van der Waals surface area contributed by atoms with Crippen molar-refractivity contribution in [2.24, 2.45) is 11.3 Å². The predicted octanol–water partition coefficient (Wildman–Crippen LogP) is 2.94. The van der Waals surface area contributed by atoms with E-state index in [1.54, 1.807) is 0 Å². The molecular weight excluding hydrogens is 226 g/mol. The molecule has 1 aromatic rings. The lowest BCUT2D eigenvalue weighted by Crippen LogP contribution is -2.27. The van der Waals surface area contributed by atoms with Gasteiger partial charge in [-0.05, 0) is 41.9 Å². The van der Waals surface area contributed by atoms with Gasteiger partial charge in [-0.1, -0.05) is 19.9 Å². The molecule has 1 saturated carbocycles. The summed E-state index contributed by atoms with van der Waals surface area (Å²) >= 11 is 0. The number of nitrogens with one attached hydrogen (secondary N) is 1. The second-order valence-corrected chi connectivity index (χ2v) is 5.81. The van der Waals surface area contributed by atoms with Crippen molar-refractivity contribution < 1.29 is 9.47 Å². The molecule has 98 valence electrons. The summed E-state index contributed by atoms with van der Waals surface area (Å²) in [5.41, 5.74) is 1.83. The van der Waals surface area contributed by atoms with E-state index in [0.717, 1.165) is 30.5 Å². The average molecular weight is 247 g/mol. The first-order chi connectivity index (χ1) is 8.70. The van der Waals surface area contributed by atoms with Crippen LogP contribution in [0.4, 0.5) is 0 Å². The van der Waals surface area contributed by atoms with Crippen LogP contribution in [-0.4, -0.2) is 13.3 Å².